The molecule has 1 unspecified atom stereocenters. The van der Waals surface area contributed by atoms with Gasteiger partial charge in [-0.15, -0.1) is 0 Å². The zero-order valence-electron chi connectivity index (χ0n) is 10.9. The van der Waals surface area contributed by atoms with E-state index >= 15 is 0 Å². The molecular formula is C15H21N3. The molecule has 0 aliphatic carbocycles. The number of hydrogen-bond acceptors (Lipinski definition) is 2. The second kappa shape index (κ2) is 6.97. The lowest BCUT2D eigenvalue weighted by Crippen LogP contribution is -2.23. The minimum Gasteiger partial charge on any atom is -0.348 e. The maximum Gasteiger partial charge on any atom is 0.0921 e. The van der Waals surface area contributed by atoms with E-state index in [-0.39, 0.29) is 0 Å². The van der Waals surface area contributed by atoms with E-state index in [9.17, 15) is 0 Å². The van der Waals surface area contributed by atoms with E-state index in [1.54, 1.807) is 6.33 Å². The third-order valence-corrected chi connectivity index (χ3v) is 3.12. The van der Waals surface area contributed by atoms with Gasteiger partial charge in [0.1, 0.15) is 0 Å². The molecule has 2 rings (SSSR count). The van der Waals surface area contributed by atoms with Crippen molar-refractivity contribution in [2.24, 2.45) is 0 Å². The summed E-state index contributed by atoms with van der Waals surface area (Å²) in [7, 11) is 0. The Labute approximate surface area is 109 Å². The number of aromatic nitrogens is 2. The van der Waals surface area contributed by atoms with Crippen molar-refractivity contribution in [2.75, 3.05) is 6.54 Å². The van der Waals surface area contributed by atoms with Gasteiger partial charge < -0.3 is 10.3 Å². The fourth-order valence-electron chi connectivity index (χ4n) is 2.16. The zero-order valence-corrected chi connectivity index (χ0v) is 10.9. The minimum absolute atomic E-state index is 0.458. The van der Waals surface area contributed by atoms with E-state index in [0.29, 0.717) is 6.04 Å². The van der Waals surface area contributed by atoms with Crippen molar-refractivity contribution >= 4 is 0 Å². The molecule has 0 spiro atoms. The Bertz CT molecular complexity index is 422. The molecule has 0 saturated carbocycles. The first-order chi connectivity index (χ1) is 8.90. The van der Waals surface area contributed by atoms with E-state index in [2.05, 4.69) is 52.5 Å². The van der Waals surface area contributed by atoms with Crippen LogP contribution in [0.15, 0.2) is 42.9 Å². The summed E-state index contributed by atoms with van der Waals surface area (Å²) >= 11 is 0. The van der Waals surface area contributed by atoms with E-state index < -0.39 is 0 Å². The molecule has 2 N–H and O–H groups in total. The highest BCUT2D eigenvalue weighted by Gasteiger charge is 2.08. The summed E-state index contributed by atoms with van der Waals surface area (Å²) in [6.07, 6.45) is 6.98. The summed E-state index contributed by atoms with van der Waals surface area (Å²) in [6, 6.07) is 11.1. The highest BCUT2D eigenvalue weighted by atomic mass is 14.9. The lowest BCUT2D eigenvalue weighted by molar-refractivity contribution is 0.496. The van der Waals surface area contributed by atoms with E-state index in [4.69, 9.17) is 0 Å². The van der Waals surface area contributed by atoms with Crippen LogP contribution in [0.4, 0.5) is 0 Å². The van der Waals surface area contributed by atoms with Crippen molar-refractivity contribution in [1.29, 1.82) is 0 Å². The van der Waals surface area contributed by atoms with Gasteiger partial charge in [-0.05, 0) is 12.0 Å². The number of nitrogens with one attached hydrogen (secondary N) is 2. The van der Waals surface area contributed by atoms with Crippen LogP contribution in [0.25, 0.3) is 0 Å². The number of aromatic amines is 1. The molecular weight excluding hydrogens is 222 g/mol. The molecule has 0 bridgehead atoms. The monoisotopic (exact) mass is 243 g/mol. The fraction of sp³-hybridized carbons (Fsp3) is 0.400. The number of imidazole rings is 1. The van der Waals surface area contributed by atoms with Gasteiger partial charge in [0.25, 0.3) is 0 Å². The maximum atomic E-state index is 4.03. The first-order valence-corrected chi connectivity index (χ1v) is 6.65. The molecule has 1 aromatic heterocycles. The van der Waals surface area contributed by atoms with Crippen LogP contribution in [0.3, 0.4) is 0 Å². The predicted molar refractivity (Wildman–Crippen MR) is 74.4 cm³/mol. The maximum absolute atomic E-state index is 4.03. The lowest BCUT2D eigenvalue weighted by Gasteiger charge is -2.18. The molecule has 3 heteroatoms. The Morgan fingerprint density at radius 2 is 2.11 bits per heavy atom. The molecule has 1 heterocycles. The molecule has 1 aromatic carbocycles. The molecule has 18 heavy (non-hydrogen) atoms. The standard InChI is InChI=1S/C15H21N3/c1-2-6-15(13-7-4-3-5-8-13)17-10-9-14-11-16-12-18-14/h3-5,7-8,11-12,15,17H,2,6,9-10H2,1H3,(H,16,18). The zero-order chi connectivity index (χ0) is 12.6. The number of nitrogens with zero attached hydrogens (tertiary/aromatic N) is 1. The highest BCUT2D eigenvalue weighted by molar-refractivity contribution is 5.18. The summed E-state index contributed by atoms with van der Waals surface area (Å²) in [4.78, 5) is 7.16. The van der Waals surface area contributed by atoms with Gasteiger partial charge in [-0.3, -0.25) is 0 Å². The average Bonchev–Trinajstić information content (AvgIpc) is 2.92. The van der Waals surface area contributed by atoms with Crippen LogP contribution < -0.4 is 5.32 Å². The van der Waals surface area contributed by atoms with Crippen molar-refractivity contribution in [1.82, 2.24) is 15.3 Å². The normalized spacial score (nSPS) is 12.5. The van der Waals surface area contributed by atoms with Gasteiger partial charge in [-0.2, -0.15) is 0 Å². The number of rotatable bonds is 7. The second-order valence-corrected chi connectivity index (χ2v) is 4.53. The smallest absolute Gasteiger partial charge is 0.0921 e. The summed E-state index contributed by atoms with van der Waals surface area (Å²) < 4.78 is 0. The number of hydrogen-bond donors (Lipinski definition) is 2. The van der Waals surface area contributed by atoms with E-state index in [1.165, 1.54) is 24.1 Å². The van der Waals surface area contributed by atoms with Gasteiger partial charge in [0.05, 0.1) is 6.33 Å². The van der Waals surface area contributed by atoms with Crippen LogP contribution in [0.2, 0.25) is 0 Å². The van der Waals surface area contributed by atoms with Crippen LogP contribution in [-0.4, -0.2) is 16.5 Å². The lowest BCUT2D eigenvalue weighted by atomic mass is 10.0. The SMILES string of the molecule is CCCC(NCCc1cnc[nH]1)c1ccccc1. The van der Waals surface area contributed by atoms with Crippen LogP contribution in [0, 0.1) is 0 Å². The summed E-state index contributed by atoms with van der Waals surface area (Å²) in [5, 5.41) is 3.63. The number of benzene rings is 1. The molecule has 3 nitrogen and oxygen atoms in total. The van der Waals surface area contributed by atoms with Crippen molar-refractivity contribution in [2.45, 2.75) is 32.2 Å². The third kappa shape index (κ3) is 3.70. The Balaban J connectivity index is 1.87. The van der Waals surface area contributed by atoms with E-state index in [0.717, 1.165) is 13.0 Å². The number of H-pyrrole nitrogens is 1. The summed E-state index contributed by atoms with van der Waals surface area (Å²) in [5.41, 5.74) is 2.56. The molecule has 0 amide bonds. The molecule has 0 fully saturated rings. The Kier molecular flexibility index (Phi) is 4.97. The van der Waals surface area contributed by atoms with Crippen LogP contribution >= 0.6 is 0 Å². The molecule has 0 aliphatic rings. The fourth-order valence-corrected chi connectivity index (χ4v) is 2.16. The van der Waals surface area contributed by atoms with Crippen molar-refractivity contribution < 1.29 is 0 Å². The quantitative estimate of drug-likeness (QED) is 0.784. The molecule has 0 radical (unpaired) electrons. The van der Waals surface area contributed by atoms with E-state index in [1.807, 2.05) is 6.20 Å². The van der Waals surface area contributed by atoms with Gasteiger partial charge in [-0.25, -0.2) is 4.98 Å². The Morgan fingerprint density at radius 1 is 1.28 bits per heavy atom. The topological polar surface area (TPSA) is 40.7 Å². The second-order valence-electron chi connectivity index (χ2n) is 4.53. The van der Waals surface area contributed by atoms with Gasteiger partial charge in [0, 0.05) is 30.9 Å². The van der Waals surface area contributed by atoms with Gasteiger partial charge >= 0.3 is 0 Å². The molecule has 1 atom stereocenters. The molecule has 2 aromatic rings. The van der Waals surface area contributed by atoms with Crippen molar-refractivity contribution in [3.05, 3.63) is 54.1 Å². The summed E-state index contributed by atoms with van der Waals surface area (Å²) in [6.45, 7) is 3.20. The van der Waals surface area contributed by atoms with Crippen LogP contribution in [0.5, 0.6) is 0 Å². The first kappa shape index (κ1) is 12.8. The van der Waals surface area contributed by atoms with Gasteiger partial charge in [0.15, 0.2) is 0 Å². The highest BCUT2D eigenvalue weighted by Crippen LogP contribution is 2.17. The van der Waals surface area contributed by atoms with Gasteiger partial charge in [-0.1, -0.05) is 43.7 Å². The van der Waals surface area contributed by atoms with Crippen LogP contribution in [0.1, 0.15) is 37.1 Å². The first-order valence-electron chi connectivity index (χ1n) is 6.65. The Morgan fingerprint density at radius 3 is 2.78 bits per heavy atom. The Hall–Kier alpha value is -1.61. The molecule has 0 aliphatic heterocycles. The largest absolute Gasteiger partial charge is 0.348 e. The average molecular weight is 243 g/mol. The van der Waals surface area contributed by atoms with Crippen molar-refractivity contribution in [3.8, 4) is 0 Å². The molecule has 0 saturated heterocycles. The molecule has 96 valence electrons. The van der Waals surface area contributed by atoms with Crippen LogP contribution in [-0.2, 0) is 6.42 Å². The minimum atomic E-state index is 0.458. The third-order valence-electron chi connectivity index (χ3n) is 3.12. The summed E-state index contributed by atoms with van der Waals surface area (Å²) in [5.74, 6) is 0. The van der Waals surface area contributed by atoms with Crippen molar-refractivity contribution in [3.63, 3.8) is 0 Å². The van der Waals surface area contributed by atoms with Gasteiger partial charge in [0.2, 0.25) is 0 Å². The predicted octanol–water partition coefficient (Wildman–Crippen LogP) is 3.08.